The third-order valence-electron chi connectivity index (χ3n) is 23.2. The summed E-state index contributed by atoms with van der Waals surface area (Å²) in [6.07, 6.45) is 12.0. The zero-order valence-corrected chi connectivity index (χ0v) is 52.6. The van der Waals surface area contributed by atoms with E-state index >= 15 is 0 Å². The van der Waals surface area contributed by atoms with Crippen LogP contribution in [-0.4, -0.2) is 12.3 Å². The zero-order valence-electron chi connectivity index (χ0n) is 52.6. The van der Waals surface area contributed by atoms with Crippen molar-refractivity contribution in [1.29, 1.82) is 0 Å². The molecule has 0 amide bonds. The van der Waals surface area contributed by atoms with Gasteiger partial charge in [0.25, 0.3) is 6.71 Å². The number of hydrogen-bond acceptors (Lipinski definition) is 3. The van der Waals surface area contributed by atoms with Gasteiger partial charge >= 0.3 is 0 Å². The van der Waals surface area contributed by atoms with E-state index in [1.54, 1.807) is 5.56 Å². The molecule has 6 aromatic carbocycles. The molecular weight excluding hydrogens is 954 g/mol. The summed E-state index contributed by atoms with van der Waals surface area (Å²) in [5.74, 6) is 0. The fourth-order valence-electron chi connectivity index (χ4n) is 17.3. The van der Waals surface area contributed by atoms with Gasteiger partial charge in [-0.15, -0.1) is 0 Å². The highest BCUT2D eigenvalue weighted by Crippen LogP contribution is 2.62. The van der Waals surface area contributed by atoms with E-state index in [9.17, 15) is 0 Å². The van der Waals surface area contributed by atoms with Gasteiger partial charge in [-0.25, -0.2) is 0 Å². The standard InChI is InChI=1S/C75H94BN3/c1-45-35-64-66-65(36-45)78(61-43-54-51(38-47(61)3)69(9,10)30-33-72(54,15)16)63-44-55-52(70(11,12)31-34-73(55,17)18)41-58(63)76(66)57-25-24-49(40-62(57)77(64)60-42-53-50(37-46(60)2)68(7,8)29-32-71(53,13)14)79-59-26-23-48(67(4,5)6)39-56(59)74(19)27-21-22-28-75(74,79)20/h23-26,35-44H,21-22,27-34H2,1-20H3. The Bertz CT molecular complexity index is 3610. The average molecular weight is 1050 g/mol. The van der Waals surface area contributed by atoms with E-state index in [1.165, 1.54) is 182 Å². The van der Waals surface area contributed by atoms with Crippen molar-refractivity contribution in [2.24, 2.45) is 0 Å². The number of nitrogens with zero attached hydrogens (tertiary/aromatic N) is 3. The smallest absolute Gasteiger partial charge is 0.252 e. The van der Waals surface area contributed by atoms with Crippen molar-refractivity contribution in [3.05, 3.63) is 146 Å². The summed E-state index contributed by atoms with van der Waals surface area (Å²) in [4.78, 5) is 8.41. The Morgan fingerprint density at radius 1 is 0.380 bits per heavy atom. The molecule has 0 bridgehead atoms. The molecular formula is C75H94BN3. The Balaban J connectivity index is 1.14. The minimum atomic E-state index is -0.0806. The first-order valence-electron chi connectivity index (χ1n) is 31.1. The quantitative estimate of drug-likeness (QED) is 0.163. The van der Waals surface area contributed by atoms with Crippen LogP contribution in [0.1, 0.15) is 243 Å². The van der Waals surface area contributed by atoms with Crippen molar-refractivity contribution in [3.8, 4) is 0 Å². The van der Waals surface area contributed by atoms with E-state index in [0.717, 1.165) is 0 Å². The SMILES string of the molecule is Cc1cc2c3c(c1)N(c1cc4c(cc1C)C(C)(C)CCC4(C)C)c1cc4c(cc1B3c1ccc(N3c5ccc(C(C)(C)C)cc5C5(C)CCCCC35C)cc1N2c1cc2c(cc1C)C(C)(C)CCC2(C)C)C(C)(C)CCC4(C)C. The summed E-state index contributed by atoms with van der Waals surface area (Å²) in [5.41, 5.74) is 31.6. The van der Waals surface area contributed by atoms with E-state index < -0.39 is 0 Å². The highest BCUT2D eigenvalue weighted by Gasteiger charge is 2.58. The predicted octanol–water partition coefficient (Wildman–Crippen LogP) is 18.8. The summed E-state index contributed by atoms with van der Waals surface area (Å²) in [6, 6.07) is 36.6. The lowest BCUT2D eigenvalue weighted by atomic mass is 9.33. The summed E-state index contributed by atoms with van der Waals surface area (Å²) in [5, 5.41) is 0. The van der Waals surface area contributed by atoms with Gasteiger partial charge in [-0.1, -0.05) is 160 Å². The second kappa shape index (κ2) is 16.5. The largest absolute Gasteiger partial charge is 0.334 e. The first-order valence-corrected chi connectivity index (χ1v) is 31.1. The maximum atomic E-state index is 2.84. The molecule has 0 spiro atoms. The molecule has 3 aliphatic heterocycles. The van der Waals surface area contributed by atoms with Crippen molar-refractivity contribution in [2.45, 2.75) is 252 Å². The number of anilines is 8. The molecule has 2 unspecified atom stereocenters. The van der Waals surface area contributed by atoms with Gasteiger partial charge in [0.1, 0.15) is 0 Å². The van der Waals surface area contributed by atoms with Crippen LogP contribution < -0.4 is 31.1 Å². The van der Waals surface area contributed by atoms with Gasteiger partial charge in [0.2, 0.25) is 0 Å². The van der Waals surface area contributed by atoms with Gasteiger partial charge < -0.3 is 14.7 Å². The Morgan fingerprint density at radius 3 is 1.29 bits per heavy atom. The van der Waals surface area contributed by atoms with Gasteiger partial charge in [0.05, 0.1) is 5.54 Å². The highest BCUT2D eigenvalue weighted by atomic mass is 15.3. The van der Waals surface area contributed by atoms with Gasteiger partial charge in [0, 0.05) is 50.9 Å². The summed E-state index contributed by atoms with van der Waals surface area (Å²) >= 11 is 0. The van der Waals surface area contributed by atoms with Gasteiger partial charge in [-0.3, -0.25) is 0 Å². The van der Waals surface area contributed by atoms with Gasteiger partial charge in [-0.2, -0.15) is 0 Å². The number of aryl methyl sites for hydroxylation is 3. The molecule has 4 heteroatoms. The van der Waals surface area contributed by atoms with Crippen LogP contribution >= 0.6 is 0 Å². The number of hydrogen-bond donors (Lipinski definition) is 0. The van der Waals surface area contributed by atoms with Crippen LogP contribution in [0.5, 0.6) is 0 Å². The monoisotopic (exact) mass is 1050 g/mol. The summed E-state index contributed by atoms with van der Waals surface area (Å²) in [6.45, 7) is 49.6. The first kappa shape index (κ1) is 53.1. The van der Waals surface area contributed by atoms with Crippen LogP contribution in [0, 0.1) is 20.8 Å². The van der Waals surface area contributed by atoms with Crippen molar-refractivity contribution in [1.82, 2.24) is 0 Å². The third kappa shape index (κ3) is 7.41. The molecule has 7 aliphatic rings. The molecule has 0 aromatic heterocycles. The normalized spacial score (nSPS) is 24.8. The minimum absolute atomic E-state index is 0.0226. The van der Waals surface area contributed by atoms with Crippen LogP contribution in [0.25, 0.3) is 0 Å². The van der Waals surface area contributed by atoms with Crippen molar-refractivity contribution < 1.29 is 0 Å². The Kier molecular flexibility index (Phi) is 11.1. The topological polar surface area (TPSA) is 9.72 Å². The van der Waals surface area contributed by atoms with E-state index in [0.29, 0.717) is 0 Å². The second-order valence-corrected chi connectivity index (χ2v) is 32.3. The Morgan fingerprint density at radius 2 is 0.810 bits per heavy atom. The van der Waals surface area contributed by atoms with Crippen LogP contribution in [0.3, 0.4) is 0 Å². The average Bonchev–Trinajstić information content (AvgIpc) is 2.68. The van der Waals surface area contributed by atoms with Gasteiger partial charge in [-0.05, 0) is 243 Å². The summed E-state index contributed by atoms with van der Waals surface area (Å²) < 4.78 is 0. The van der Waals surface area contributed by atoms with Crippen molar-refractivity contribution in [3.63, 3.8) is 0 Å². The molecule has 13 rings (SSSR count). The number of fused-ring (bicyclic) bond motifs is 10. The maximum absolute atomic E-state index is 2.84. The molecule has 6 aromatic rings. The lowest BCUT2D eigenvalue weighted by Crippen LogP contribution is -2.62. The Hall–Kier alpha value is -5.22. The van der Waals surface area contributed by atoms with E-state index in [-0.39, 0.29) is 55.6 Å². The van der Waals surface area contributed by atoms with Crippen LogP contribution in [0.15, 0.2) is 84.9 Å². The molecule has 0 N–H and O–H groups in total. The second-order valence-electron chi connectivity index (χ2n) is 32.3. The third-order valence-corrected chi connectivity index (χ3v) is 23.2. The van der Waals surface area contributed by atoms with Gasteiger partial charge in [0.15, 0.2) is 0 Å². The van der Waals surface area contributed by atoms with E-state index in [1.807, 2.05) is 0 Å². The fourth-order valence-corrected chi connectivity index (χ4v) is 17.3. The molecule has 0 saturated heterocycles. The maximum Gasteiger partial charge on any atom is 0.252 e. The van der Waals surface area contributed by atoms with E-state index in [2.05, 4.69) is 238 Å². The lowest BCUT2D eigenvalue weighted by Gasteiger charge is -2.51. The highest BCUT2D eigenvalue weighted by molar-refractivity contribution is 7.00. The molecule has 0 radical (unpaired) electrons. The van der Waals surface area contributed by atoms with Crippen LogP contribution in [-0.2, 0) is 43.3 Å². The fraction of sp³-hybridized carbons (Fsp3) is 0.520. The van der Waals surface area contributed by atoms with Crippen molar-refractivity contribution >= 4 is 68.6 Å². The molecule has 2 atom stereocenters. The molecule has 4 aliphatic carbocycles. The lowest BCUT2D eigenvalue weighted by molar-refractivity contribution is 0.195. The predicted molar refractivity (Wildman–Crippen MR) is 342 cm³/mol. The molecule has 79 heavy (non-hydrogen) atoms. The molecule has 1 fully saturated rings. The zero-order chi connectivity index (χ0) is 56.5. The van der Waals surface area contributed by atoms with Crippen molar-refractivity contribution in [2.75, 3.05) is 14.7 Å². The number of rotatable bonds is 3. The molecule has 1 saturated carbocycles. The molecule has 412 valence electrons. The first-order chi connectivity index (χ1) is 36.7. The van der Waals surface area contributed by atoms with E-state index in [4.69, 9.17) is 0 Å². The molecule has 3 nitrogen and oxygen atoms in total. The number of benzene rings is 6. The summed E-state index contributed by atoms with van der Waals surface area (Å²) in [7, 11) is 0. The van der Waals surface area contributed by atoms with Crippen LogP contribution in [0.4, 0.5) is 45.5 Å². The molecule has 3 heterocycles. The minimum Gasteiger partial charge on any atom is -0.334 e. The Labute approximate surface area is 478 Å². The van der Waals surface area contributed by atoms with Crippen LogP contribution in [0.2, 0.25) is 0 Å².